The Balaban J connectivity index is 0.00000289. The molecule has 0 aliphatic heterocycles. The van der Waals surface area contributed by atoms with Crippen molar-refractivity contribution in [3.05, 3.63) is 29.8 Å². The summed E-state index contributed by atoms with van der Waals surface area (Å²) in [5, 5.41) is 1.43. The summed E-state index contributed by atoms with van der Waals surface area (Å²) in [6.45, 7) is 4.70. The van der Waals surface area contributed by atoms with E-state index in [1.54, 1.807) is 7.11 Å². The van der Waals surface area contributed by atoms with Crippen molar-refractivity contribution in [1.29, 1.82) is 0 Å². The fourth-order valence-electron chi connectivity index (χ4n) is 2.54. The van der Waals surface area contributed by atoms with Crippen molar-refractivity contribution < 1.29 is 4.74 Å². The molecule has 18 heavy (non-hydrogen) atoms. The molecule has 2 atom stereocenters. The van der Waals surface area contributed by atoms with Crippen molar-refractivity contribution >= 4 is 27.1 Å². The fraction of sp³-hybridized carbons (Fsp3) is 0.600. The molecule has 104 valence electrons. The molecular weight excluding hydrogens is 307 g/mol. The van der Waals surface area contributed by atoms with Crippen molar-refractivity contribution in [3.63, 3.8) is 0 Å². The summed E-state index contributed by atoms with van der Waals surface area (Å²) >= 11 is -0.535. The van der Waals surface area contributed by atoms with Crippen LogP contribution in [0.5, 0.6) is 5.75 Å². The first-order chi connectivity index (χ1) is 8.08. The van der Waals surface area contributed by atoms with E-state index in [1.165, 1.54) is 17.2 Å². The molecule has 1 rings (SSSR count). The van der Waals surface area contributed by atoms with Gasteiger partial charge in [0, 0.05) is 0 Å². The van der Waals surface area contributed by atoms with Crippen LogP contribution in [0.15, 0.2) is 24.3 Å². The van der Waals surface area contributed by atoms with E-state index >= 15 is 0 Å². The van der Waals surface area contributed by atoms with Gasteiger partial charge in [0.2, 0.25) is 0 Å². The Kier molecular flexibility index (Phi) is 8.82. The van der Waals surface area contributed by atoms with E-state index in [0.29, 0.717) is 5.92 Å². The molecule has 1 unspecified atom stereocenters. The zero-order chi connectivity index (χ0) is 12.8. The number of hydrogen-bond acceptors (Lipinski definition) is 1. The Morgan fingerprint density at radius 3 is 2.44 bits per heavy atom. The molecule has 0 spiro atoms. The maximum atomic E-state index is 5.32. The van der Waals surface area contributed by atoms with Crippen LogP contribution < -0.4 is 4.74 Å². The summed E-state index contributed by atoms with van der Waals surface area (Å²) < 4.78 is 5.32. The van der Waals surface area contributed by atoms with E-state index in [9.17, 15) is 0 Å². The average Bonchev–Trinajstić information content (AvgIpc) is 2.29. The Labute approximate surface area is 123 Å². The third-order valence-corrected chi connectivity index (χ3v) is 6.04. The molecule has 0 aliphatic rings. The van der Waals surface area contributed by atoms with Crippen molar-refractivity contribution in [2.45, 2.75) is 42.8 Å². The molecule has 1 aromatic rings. The molecule has 0 saturated carbocycles. The van der Waals surface area contributed by atoms with Crippen molar-refractivity contribution in [2.75, 3.05) is 7.11 Å². The SMILES string of the molecule is CCC(c1cccc(OC)c1)[C@@H](C)C[As](C)C.Cl. The predicted octanol–water partition coefficient (Wildman–Crippen LogP) is 5.00. The van der Waals surface area contributed by atoms with Crippen LogP contribution in [0.4, 0.5) is 0 Å². The van der Waals surface area contributed by atoms with Gasteiger partial charge in [0.25, 0.3) is 0 Å². The van der Waals surface area contributed by atoms with Crippen LogP contribution in [0.1, 0.15) is 31.7 Å². The van der Waals surface area contributed by atoms with Gasteiger partial charge in [-0.05, 0) is 0 Å². The molecule has 0 bridgehead atoms. The maximum Gasteiger partial charge on any atom is -0.147 e. The quantitative estimate of drug-likeness (QED) is 0.666. The van der Waals surface area contributed by atoms with Crippen LogP contribution in [-0.2, 0) is 0 Å². The van der Waals surface area contributed by atoms with Gasteiger partial charge in [-0.3, -0.25) is 0 Å². The smallest absolute Gasteiger partial charge is 0.147 e. The zero-order valence-electron chi connectivity index (χ0n) is 12.1. The Bertz CT molecular complexity index is 341. The van der Waals surface area contributed by atoms with Gasteiger partial charge >= 0.3 is 111 Å². The Hall–Kier alpha value is -0.132. The summed E-state index contributed by atoms with van der Waals surface area (Å²) in [7, 11) is 1.74. The molecule has 0 heterocycles. The second-order valence-corrected chi connectivity index (χ2v) is 10.3. The van der Waals surface area contributed by atoms with Crippen LogP contribution >= 0.6 is 12.4 Å². The summed E-state index contributed by atoms with van der Waals surface area (Å²) in [6, 6.07) is 8.58. The minimum absolute atomic E-state index is 0. The van der Waals surface area contributed by atoms with Crippen LogP contribution in [-0.4, -0.2) is 21.8 Å². The fourth-order valence-corrected chi connectivity index (χ4v) is 5.49. The molecule has 0 saturated heterocycles. The summed E-state index contributed by atoms with van der Waals surface area (Å²) in [5.41, 5.74) is 6.33. The predicted molar refractivity (Wildman–Crippen MR) is 84.7 cm³/mol. The van der Waals surface area contributed by atoms with Gasteiger partial charge in [0.15, 0.2) is 0 Å². The standard InChI is InChI=1S/C15H25AsO.ClH/c1-6-15(12(2)11-16(3)4)13-8-7-9-14(10-13)17-5;/h7-10,12,15H,6,11H2,1-5H3;1H/t12-,15?;/m0./s1. The van der Waals surface area contributed by atoms with E-state index in [2.05, 4.69) is 43.5 Å². The van der Waals surface area contributed by atoms with E-state index in [-0.39, 0.29) is 12.4 Å². The van der Waals surface area contributed by atoms with Gasteiger partial charge in [0.05, 0.1) is 0 Å². The van der Waals surface area contributed by atoms with Gasteiger partial charge in [-0.2, -0.15) is 0 Å². The van der Waals surface area contributed by atoms with Crippen molar-refractivity contribution in [3.8, 4) is 5.75 Å². The average molecular weight is 333 g/mol. The van der Waals surface area contributed by atoms with E-state index in [0.717, 1.165) is 11.7 Å². The van der Waals surface area contributed by atoms with Gasteiger partial charge in [-0.15, -0.1) is 12.4 Å². The molecule has 0 N–H and O–H groups in total. The number of ether oxygens (including phenoxy) is 1. The van der Waals surface area contributed by atoms with Gasteiger partial charge in [-0.1, -0.05) is 0 Å². The molecule has 1 nitrogen and oxygen atoms in total. The number of methoxy groups -OCH3 is 1. The molecule has 0 aliphatic carbocycles. The first kappa shape index (κ1) is 17.9. The van der Waals surface area contributed by atoms with Crippen LogP contribution in [0, 0.1) is 5.92 Å². The van der Waals surface area contributed by atoms with Gasteiger partial charge in [0.1, 0.15) is 0 Å². The molecule has 1 aromatic carbocycles. The molecule has 0 aromatic heterocycles. The molecule has 0 amide bonds. The Morgan fingerprint density at radius 1 is 1.28 bits per heavy atom. The minimum Gasteiger partial charge on any atom is -0.147 e. The van der Waals surface area contributed by atoms with Crippen LogP contribution in [0.2, 0.25) is 16.6 Å². The van der Waals surface area contributed by atoms with E-state index < -0.39 is 14.7 Å². The van der Waals surface area contributed by atoms with Crippen molar-refractivity contribution in [2.24, 2.45) is 5.92 Å². The minimum atomic E-state index is -0.535. The second-order valence-electron chi connectivity index (χ2n) is 5.03. The summed E-state index contributed by atoms with van der Waals surface area (Å²) in [4.78, 5) is 0. The van der Waals surface area contributed by atoms with E-state index in [1.807, 2.05) is 6.07 Å². The summed E-state index contributed by atoms with van der Waals surface area (Å²) in [5.74, 6) is 2.46. The number of halogens is 1. The Morgan fingerprint density at radius 2 is 1.94 bits per heavy atom. The molecule has 0 fully saturated rings. The first-order valence-corrected chi connectivity index (χ1v) is 11.4. The molecule has 3 heteroatoms. The van der Waals surface area contributed by atoms with Crippen LogP contribution in [0.3, 0.4) is 0 Å². The number of rotatable bonds is 6. The van der Waals surface area contributed by atoms with Gasteiger partial charge < -0.3 is 0 Å². The summed E-state index contributed by atoms with van der Waals surface area (Å²) in [6.07, 6.45) is 1.22. The monoisotopic (exact) mass is 332 g/mol. The molecule has 0 radical (unpaired) electrons. The maximum absolute atomic E-state index is 5.32. The number of hydrogen-bond donors (Lipinski definition) is 0. The first-order valence-electron chi connectivity index (χ1n) is 6.37. The van der Waals surface area contributed by atoms with E-state index in [4.69, 9.17) is 4.74 Å². The van der Waals surface area contributed by atoms with Crippen molar-refractivity contribution in [1.82, 2.24) is 0 Å². The normalized spacial score (nSPS) is 13.9. The molecular formula is C15H26AsClO. The zero-order valence-corrected chi connectivity index (χ0v) is 14.8. The topological polar surface area (TPSA) is 9.23 Å². The number of benzene rings is 1. The van der Waals surface area contributed by atoms with Gasteiger partial charge in [-0.25, -0.2) is 0 Å². The van der Waals surface area contributed by atoms with Crippen LogP contribution in [0.25, 0.3) is 0 Å². The third-order valence-electron chi connectivity index (χ3n) is 3.30. The largest absolute Gasteiger partial charge is 0.147 e. The second kappa shape index (κ2) is 8.88. The third kappa shape index (κ3) is 5.24.